The van der Waals surface area contributed by atoms with Gasteiger partial charge in [-0.15, -0.1) is 0 Å². The fraction of sp³-hybridized carbons (Fsp3) is 0.579. The monoisotopic (exact) mass is 350 g/mol. The normalized spacial score (nSPS) is 15.3. The van der Waals surface area contributed by atoms with E-state index in [0.717, 1.165) is 0 Å². The molecule has 1 fully saturated rings. The van der Waals surface area contributed by atoms with Gasteiger partial charge in [-0.25, -0.2) is 4.39 Å². The van der Waals surface area contributed by atoms with Gasteiger partial charge in [-0.05, 0) is 37.1 Å². The summed E-state index contributed by atoms with van der Waals surface area (Å²) in [5.74, 6) is 0.501. The van der Waals surface area contributed by atoms with Gasteiger partial charge in [0.2, 0.25) is 11.8 Å². The number of hydrogen-bond acceptors (Lipinski definition) is 3. The highest BCUT2D eigenvalue weighted by Crippen LogP contribution is 2.20. The van der Waals surface area contributed by atoms with Gasteiger partial charge in [-0.2, -0.15) is 0 Å². The van der Waals surface area contributed by atoms with Gasteiger partial charge < -0.3 is 14.5 Å². The van der Waals surface area contributed by atoms with Crippen molar-refractivity contribution in [3.8, 4) is 5.75 Å². The molecule has 1 saturated heterocycles. The van der Waals surface area contributed by atoms with Crippen LogP contribution in [0.1, 0.15) is 26.7 Å². The lowest BCUT2D eigenvalue weighted by Gasteiger charge is -2.34. The maximum atomic E-state index is 12.8. The summed E-state index contributed by atoms with van der Waals surface area (Å²) in [6, 6.07) is 5.82. The Bertz CT molecular complexity index is 581. The topological polar surface area (TPSA) is 49.9 Å². The van der Waals surface area contributed by atoms with Crippen molar-refractivity contribution < 1.29 is 18.7 Å². The second kappa shape index (κ2) is 8.83. The minimum atomic E-state index is -0.304. The Balaban J connectivity index is 1.73. The fourth-order valence-corrected chi connectivity index (χ4v) is 2.97. The van der Waals surface area contributed by atoms with E-state index < -0.39 is 0 Å². The van der Waals surface area contributed by atoms with Gasteiger partial charge in [0.15, 0.2) is 0 Å². The van der Waals surface area contributed by atoms with Crippen LogP contribution < -0.4 is 4.74 Å². The number of halogens is 1. The predicted octanol–water partition coefficient (Wildman–Crippen LogP) is 2.56. The molecule has 2 amide bonds. The van der Waals surface area contributed by atoms with Crippen LogP contribution in [-0.2, 0) is 9.59 Å². The number of rotatable bonds is 6. The lowest BCUT2D eigenvalue weighted by Crippen LogP contribution is -2.45. The van der Waals surface area contributed by atoms with Gasteiger partial charge in [-0.3, -0.25) is 9.59 Å². The van der Waals surface area contributed by atoms with E-state index in [2.05, 4.69) is 0 Å². The molecule has 138 valence electrons. The molecule has 0 aliphatic carbocycles. The minimum Gasteiger partial charge on any atom is -0.492 e. The molecule has 1 aliphatic rings. The molecule has 1 aliphatic heterocycles. The van der Waals surface area contributed by atoms with Crippen molar-refractivity contribution in [3.63, 3.8) is 0 Å². The quantitative estimate of drug-likeness (QED) is 0.792. The number of piperidine rings is 1. The van der Waals surface area contributed by atoms with E-state index in [0.29, 0.717) is 44.8 Å². The second-order valence-electron chi connectivity index (χ2n) is 6.82. The third kappa shape index (κ3) is 5.44. The first-order valence-electron chi connectivity index (χ1n) is 8.80. The molecule has 25 heavy (non-hydrogen) atoms. The summed E-state index contributed by atoms with van der Waals surface area (Å²) < 4.78 is 18.4. The zero-order chi connectivity index (χ0) is 18.4. The van der Waals surface area contributed by atoms with E-state index in [1.807, 2.05) is 18.7 Å². The Hall–Kier alpha value is -2.11. The number of likely N-dealkylation sites (N-methyl/N-ethyl adjacent to an activating group) is 1. The van der Waals surface area contributed by atoms with Crippen LogP contribution in [0.25, 0.3) is 0 Å². The Morgan fingerprint density at radius 3 is 2.40 bits per heavy atom. The Kier molecular flexibility index (Phi) is 6.79. The number of ether oxygens (including phenoxy) is 1. The maximum absolute atomic E-state index is 12.8. The van der Waals surface area contributed by atoms with Crippen LogP contribution in [0, 0.1) is 17.7 Å². The SMILES string of the molecule is CC(C)C(=O)N1CCC(C(=O)N(C)CCOc2ccc(F)cc2)CC1. The number of hydrogen-bond donors (Lipinski definition) is 0. The van der Waals surface area contributed by atoms with E-state index in [-0.39, 0.29) is 29.5 Å². The average Bonchev–Trinajstić information content (AvgIpc) is 2.62. The van der Waals surface area contributed by atoms with Crippen LogP contribution in [-0.4, -0.2) is 54.9 Å². The van der Waals surface area contributed by atoms with Gasteiger partial charge in [0.1, 0.15) is 18.2 Å². The Morgan fingerprint density at radius 2 is 1.84 bits per heavy atom. The second-order valence-corrected chi connectivity index (χ2v) is 6.82. The van der Waals surface area contributed by atoms with Crippen LogP contribution in [0.5, 0.6) is 5.75 Å². The van der Waals surface area contributed by atoms with Crippen LogP contribution in [0.2, 0.25) is 0 Å². The molecule has 0 N–H and O–H groups in total. The summed E-state index contributed by atoms with van der Waals surface area (Å²) in [4.78, 5) is 28.0. The van der Waals surface area contributed by atoms with Gasteiger partial charge >= 0.3 is 0 Å². The van der Waals surface area contributed by atoms with E-state index >= 15 is 0 Å². The predicted molar refractivity (Wildman–Crippen MR) is 93.7 cm³/mol. The van der Waals surface area contributed by atoms with Crippen molar-refractivity contribution in [2.24, 2.45) is 11.8 Å². The fourth-order valence-electron chi connectivity index (χ4n) is 2.97. The first-order valence-corrected chi connectivity index (χ1v) is 8.80. The standard InChI is InChI=1S/C19H27FN2O3/c1-14(2)18(23)22-10-8-15(9-11-22)19(24)21(3)12-13-25-17-6-4-16(20)5-7-17/h4-7,14-15H,8-13H2,1-3H3. The third-order valence-corrected chi connectivity index (χ3v) is 4.54. The van der Waals surface area contributed by atoms with Crippen LogP contribution in [0.15, 0.2) is 24.3 Å². The maximum Gasteiger partial charge on any atom is 0.225 e. The highest BCUT2D eigenvalue weighted by atomic mass is 19.1. The summed E-state index contributed by atoms with van der Waals surface area (Å²) in [5, 5.41) is 0. The molecular formula is C19H27FN2O3. The molecule has 0 saturated carbocycles. The summed E-state index contributed by atoms with van der Waals surface area (Å²) in [7, 11) is 1.77. The van der Waals surface area contributed by atoms with Crippen molar-refractivity contribution >= 4 is 11.8 Å². The van der Waals surface area contributed by atoms with Crippen LogP contribution in [0.3, 0.4) is 0 Å². The number of nitrogens with zero attached hydrogens (tertiary/aromatic N) is 2. The first-order chi connectivity index (χ1) is 11.9. The number of carbonyl (C=O) groups is 2. The Morgan fingerprint density at radius 1 is 1.24 bits per heavy atom. The molecule has 6 heteroatoms. The molecule has 0 spiro atoms. The summed E-state index contributed by atoms with van der Waals surface area (Å²) in [5.41, 5.74) is 0. The number of likely N-dealkylation sites (tertiary alicyclic amines) is 1. The number of benzene rings is 1. The lowest BCUT2D eigenvalue weighted by molar-refractivity contribution is -0.141. The van der Waals surface area contributed by atoms with E-state index in [1.54, 1.807) is 24.1 Å². The summed E-state index contributed by atoms with van der Waals surface area (Å²) in [6.45, 7) is 5.92. The molecule has 2 rings (SSSR count). The lowest BCUT2D eigenvalue weighted by atomic mass is 9.94. The zero-order valence-electron chi connectivity index (χ0n) is 15.2. The highest BCUT2D eigenvalue weighted by molar-refractivity contribution is 5.80. The molecule has 0 bridgehead atoms. The average molecular weight is 350 g/mol. The zero-order valence-corrected chi connectivity index (χ0v) is 15.2. The van der Waals surface area contributed by atoms with Gasteiger partial charge in [0.25, 0.3) is 0 Å². The number of carbonyl (C=O) groups excluding carboxylic acids is 2. The van der Waals surface area contributed by atoms with Crippen LogP contribution in [0.4, 0.5) is 4.39 Å². The van der Waals surface area contributed by atoms with Crippen molar-refractivity contribution in [1.29, 1.82) is 0 Å². The minimum absolute atomic E-state index is 0.00136. The third-order valence-electron chi connectivity index (χ3n) is 4.54. The van der Waals surface area contributed by atoms with Crippen LogP contribution >= 0.6 is 0 Å². The van der Waals surface area contributed by atoms with Gasteiger partial charge in [0, 0.05) is 32.0 Å². The number of amides is 2. The van der Waals surface area contributed by atoms with Crippen molar-refractivity contribution in [3.05, 3.63) is 30.1 Å². The van der Waals surface area contributed by atoms with E-state index in [4.69, 9.17) is 4.74 Å². The van der Waals surface area contributed by atoms with E-state index in [9.17, 15) is 14.0 Å². The first kappa shape index (κ1) is 19.2. The molecule has 1 aromatic carbocycles. The van der Waals surface area contributed by atoms with Crippen molar-refractivity contribution in [2.45, 2.75) is 26.7 Å². The largest absolute Gasteiger partial charge is 0.492 e. The molecule has 0 radical (unpaired) electrons. The molecule has 1 heterocycles. The molecule has 0 atom stereocenters. The summed E-state index contributed by atoms with van der Waals surface area (Å²) >= 11 is 0. The smallest absolute Gasteiger partial charge is 0.225 e. The molecule has 1 aromatic rings. The molecule has 0 unspecified atom stereocenters. The summed E-state index contributed by atoms with van der Waals surface area (Å²) in [6.07, 6.45) is 1.42. The molecule has 0 aromatic heterocycles. The molecule has 5 nitrogen and oxygen atoms in total. The van der Waals surface area contributed by atoms with Crippen molar-refractivity contribution in [2.75, 3.05) is 33.3 Å². The van der Waals surface area contributed by atoms with Gasteiger partial charge in [-0.1, -0.05) is 13.8 Å². The molecular weight excluding hydrogens is 323 g/mol. The van der Waals surface area contributed by atoms with E-state index in [1.165, 1.54) is 12.1 Å². The Labute approximate surface area is 148 Å². The highest BCUT2D eigenvalue weighted by Gasteiger charge is 2.29. The van der Waals surface area contributed by atoms with Gasteiger partial charge in [0.05, 0.1) is 6.54 Å². The van der Waals surface area contributed by atoms with Crippen molar-refractivity contribution in [1.82, 2.24) is 9.80 Å².